The second-order valence-electron chi connectivity index (χ2n) is 5.40. The highest BCUT2D eigenvalue weighted by atomic mass is 32.2. The van der Waals surface area contributed by atoms with Crippen molar-refractivity contribution in [1.82, 2.24) is 9.62 Å². The van der Waals surface area contributed by atoms with Crippen molar-refractivity contribution in [2.24, 2.45) is 0 Å². The Morgan fingerprint density at radius 1 is 1.23 bits per heavy atom. The van der Waals surface area contributed by atoms with Gasteiger partial charge in [0.15, 0.2) is 0 Å². The van der Waals surface area contributed by atoms with Crippen LogP contribution in [0.3, 0.4) is 0 Å². The fraction of sp³-hybridized carbons (Fsp3) is 0.533. The lowest BCUT2D eigenvalue weighted by Gasteiger charge is -2.20. The minimum atomic E-state index is -3.70. The van der Waals surface area contributed by atoms with Gasteiger partial charge in [-0.25, -0.2) is 17.5 Å². The summed E-state index contributed by atoms with van der Waals surface area (Å²) in [5.74, 6) is -0.441. The monoisotopic (exact) mass is 328 g/mol. The number of benzene rings is 1. The number of nitrogens with one attached hydrogen (secondary N) is 1. The molecular formula is C15H21FN2O3S. The Labute approximate surface area is 130 Å². The molecule has 5 nitrogen and oxygen atoms in total. The molecule has 1 aromatic carbocycles. The highest BCUT2D eigenvalue weighted by Gasteiger charge is 2.17. The molecule has 1 aliphatic rings. The van der Waals surface area contributed by atoms with Gasteiger partial charge < -0.3 is 4.90 Å². The summed E-state index contributed by atoms with van der Waals surface area (Å²) in [6.07, 6.45) is 4.12. The van der Waals surface area contributed by atoms with Gasteiger partial charge in [0, 0.05) is 26.1 Å². The lowest BCUT2D eigenvalue weighted by atomic mass is 10.2. The molecule has 1 fully saturated rings. The van der Waals surface area contributed by atoms with Gasteiger partial charge in [0.2, 0.25) is 15.9 Å². The summed E-state index contributed by atoms with van der Waals surface area (Å²) in [4.78, 5) is 13.5. The molecular weight excluding hydrogens is 307 g/mol. The van der Waals surface area contributed by atoms with Crippen LogP contribution in [0.5, 0.6) is 0 Å². The van der Waals surface area contributed by atoms with Crippen molar-refractivity contribution in [3.8, 4) is 0 Å². The Bertz CT molecular complexity index is 619. The van der Waals surface area contributed by atoms with Gasteiger partial charge in [-0.2, -0.15) is 0 Å². The van der Waals surface area contributed by atoms with Crippen LogP contribution in [0, 0.1) is 5.82 Å². The van der Waals surface area contributed by atoms with Gasteiger partial charge in [0.1, 0.15) is 5.82 Å². The number of halogens is 1. The molecule has 1 amide bonds. The van der Waals surface area contributed by atoms with Crippen LogP contribution in [0.4, 0.5) is 4.39 Å². The first-order chi connectivity index (χ1) is 10.5. The fourth-order valence-electron chi connectivity index (χ4n) is 2.47. The number of nitrogens with zero attached hydrogens (tertiary/aromatic N) is 1. The summed E-state index contributed by atoms with van der Waals surface area (Å²) in [6.45, 7) is 1.52. The Balaban J connectivity index is 1.81. The van der Waals surface area contributed by atoms with Gasteiger partial charge in [-0.3, -0.25) is 4.79 Å². The Hall–Kier alpha value is -1.47. The van der Waals surface area contributed by atoms with E-state index < -0.39 is 15.8 Å². The molecule has 1 heterocycles. The van der Waals surface area contributed by atoms with Gasteiger partial charge in [0.05, 0.1) is 4.90 Å². The smallest absolute Gasteiger partial charge is 0.240 e. The van der Waals surface area contributed by atoms with E-state index in [1.165, 1.54) is 18.2 Å². The molecule has 1 aromatic rings. The molecule has 0 spiro atoms. The van der Waals surface area contributed by atoms with Gasteiger partial charge in [-0.15, -0.1) is 0 Å². The van der Waals surface area contributed by atoms with Crippen molar-refractivity contribution in [2.45, 2.75) is 37.0 Å². The second kappa shape index (κ2) is 7.69. The van der Waals surface area contributed by atoms with Gasteiger partial charge >= 0.3 is 0 Å². The van der Waals surface area contributed by atoms with Crippen molar-refractivity contribution in [2.75, 3.05) is 19.6 Å². The summed E-state index contributed by atoms with van der Waals surface area (Å²) in [5, 5.41) is 0. The first-order valence-electron chi connectivity index (χ1n) is 7.52. The number of rotatable bonds is 6. The van der Waals surface area contributed by atoms with E-state index >= 15 is 0 Å². The van der Waals surface area contributed by atoms with Crippen molar-refractivity contribution >= 4 is 15.9 Å². The summed E-state index contributed by atoms with van der Waals surface area (Å²) in [6, 6.07) is 4.90. The highest BCUT2D eigenvalue weighted by molar-refractivity contribution is 7.89. The summed E-state index contributed by atoms with van der Waals surface area (Å²) in [5.41, 5.74) is 0. The van der Waals surface area contributed by atoms with Gasteiger partial charge in [-0.1, -0.05) is 12.5 Å². The predicted octanol–water partition coefficient (Wildman–Crippen LogP) is 1.90. The predicted molar refractivity (Wildman–Crippen MR) is 81.3 cm³/mol. The topological polar surface area (TPSA) is 66.5 Å². The maximum atomic E-state index is 13.1. The molecule has 0 aliphatic carbocycles. The van der Waals surface area contributed by atoms with E-state index in [0.717, 1.165) is 31.9 Å². The molecule has 7 heteroatoms. The molecule has 0 saturated carbocycles. The van der Waals surface area contributed by atoms with Crippen LogP contribution >= 0.6 is 0 Å². The summed E-state index contributed by atoms with van der Waals surface area (Å²) < 4.78 is 39.5. The van der Waals surface area contributed by atoms with Crippen LogP contribution in [0.1, 0.15) is 32.1 Å². The van der Waals surface area contributed by atoms with Crippen LogP contribution in [-0.2, 0) is 14.8 Å². The lowest BCUT2D eigenvalue weighted by Crippen LogP contribution is -2.34. The van der Waals surface area contributed by atoms with Crippen molar-refractivity contribution < 1.29 is 17.6 Å². The van der Waals surface area contributed by atoms with Crippen LogP contribution in [0.25, 0.3) is 0 Å². The average Bonchev–Trinajstić information content (AvgIpc) is 2.68. The van der Waals surface area contributed by atoms with E-state index in [1.807, 2.05) is 0 Å². The van der Waals surface area contributed by atoms with Crippen LogP contribution in [0.2, 0.25) is 0 Å². The number of hydrogen-bond donors (Lipinski definition) is 1. The zero-order valence-electron chi connectivity index (χ0n) is 12.4. The first-order valence-corrected chi connectivity index (χ1v) is 9.00. The third-order valence-electron chi connectivity index (χ3n) is 3.67. The van der Waals surface area contributed by atoms with Crippen molar-refractivity contribution in [3.05, 3.63) is 30.1 Å². The molecule has 0 bridgehead atoms. The SMILES string of the molecule is O=C1CCCCCN1CCCNS(=O)(=O)c1cccc(F)c1. The number of hydrogen-bond acceptors (Lipinski definition) is 3. The van der Waals surface area contributed by atoms with E-state index in [9.17, 15) is 17.6 Å². The number of likely N-dealkylation sites (tertiary alicyclic amines) is 1. The molecule has 1 N–H and O–H groups in total. The zero-order chi connectivity index (χ0) is 16.0. The Morgan fingerprint density at radius 2 is 2.05 bits per heavy atom. The summed E-state index contributed by atoms with van der Waals surface area (Å²) in [7, 11) is -3.70. The minimum Gasteiger partial charge on any atom is -0.343 e. The van der Waals surface area contributed by atoms with E-state index in [2.05, 4.69) is 4.72 Å². The molecule has 22 heavy (non-hydrogen) atoms. The zero-order valence-corrected chi connectivity index (χ0v) is 13.2. The van der Waals surface area contributed by atoms with Crippen LogP contribution in [0.15, 0.2) is 29.2 Å². The maximum absolute atomic E-state index is 13.1. The molecule has 2 rings (SSSR count). The molecule has 0 unspecified atom stereocenters. The van der Waals surface area contributed by atoms with Gasteiger partial charge in [0.25, 0.3) is 0 Å². The third-order valence-corrected chi connectivity index (χ3v) is 5.13. The van der Waals surface area contributed by atoms with Crippen LogP contribution in [-0.4, -0.2) is 38.9 Å². The van der Waals surface area contributed by atoms with Crippen LogP contribution < -0.4 is 4.72 Å². The first kappa shape index (κ1) is 16.9. The normalized spacial score (nSPS) is 16.6. The van der Waals surface area contributed by atoms with Crippen molar-refractivity contribution in [3.63, 3.8) is 0 Å². The number of carbonyl (C=O) groups is 1. The average molecular weight is 328 g/mol. The van der Waals surface area contributed by atoms with E-state index in [-0.39, 0.29) is 17.3 Å². The maximum Gasteiger partial charge on any atom is 0.240 e. The van der Waals surface area contributed by atoms with E-state index in [0.29, 0.717) is 19.4 Å². The molecule has 1 saturated heterocycles. The number of carbonyl (C=O) groups excluding carboxylic acids is 1. The van der Waals surface area contributed by atoms with E-state index in [4.69, 9.17) is 0 Å². The number of amides is 1. The molecule has 0 atom stereocenters. The highest BCUT2D eigenvalue weighted by Crippen LogP contribution is 2.12. The van der Waals surface area contributed by atoms with Gasteiger partial charge in [-0.05, 0) is 37.5 Å². The number of sulfonamides is 1. The molecule has 0 radical (unpaired) electrons. The summed E-state index contributed by atoms with van der Waals surface area (Å²) >= 11 is 0. The quantitative estimate of drug-likeness (QED) is 0.811. The molecule has 0 aromatic heterocycles. The molecule has 1 aliphatic heterocycles. The lowest BCUT2D eigenvalue weighted by molar-refractivity contribution is -0.130. The molecule has 122 valence electrons. The van der Waals surface area contributed by atoms with E-state index in [1.54, 1.807) is 4.90 Å². The minimum absolute atomic E-state index is 0.0849. The second-order valence-corrected chi connectivity index (χ2v) is 7.17. The van der Waals surface area contributed by atoms with Crippen molar-refractivity contribution in [1.29, 1.82) is 0 Å². The Morgan fingerprint density at radius 3 is 2.82 bits per heavy atom. The third kappa shape index (κ3) is 4.78. The fourth-order valence-corrected chi connectivity index (χ4v) is 3.57. The standard InChI is InChI=1S/C15H21FN2O3S/c16-13-6-4-7-14(12-13)22(20,21)17-9-5-11-18-10-3-1-2-8-15(18)19/h4,6-7,12,17H,1-3,5,8-11H2. The Kier molecular flexibility index (Phi) is 5.90. The largest absolute Gasteiger partial charge is 0.343 e.